The van der Waals surface area contributed by atoms with E-state index in [1.54, 1.807) is 7.05 Å². The van der Waals surface area contributed by atoms with Crippen LogP contribution in [0.5, 0.6) is 5.75 Å². The number of aromatic nitrogens is 1. The van der Waals surface area contributed by atoms with Crippen LogP contribution in [-0.2, 0) is 10.0 Å². The van der Waals surface area contributed by atoms with Crippen molar-refractivity contribution in [3.8, 4) is 5.75 Å². The molecule has 0 saturated heterocycles. The molecule has 1 aromatic carbocycles. The van der Waals surface area contributed by atoms with Gasteiger partial charge in [0.15, 0.2) is 0 Å². The number of nitrogens with zero attached hydrogens (tertiary/aromatic N) is 2. The van der Waals surface area contributed by atoms with Crippen LogP contribution in [0.25, 0.3) is 0 Å². The first-order valence-electron chi connectivity index (χ1n) is 7.81. The summed E-state index contributed by atoms with van der Waals surface area (Å²) < 4.78 is 30.9. The fourth-order valence-electron chi connectivity index (χ4n) is 1.95. The molecule has 8 heteroatoms. The number of benzene rings is 1. The number of pyridine rings is 1. The molecule has 0 fully saturated rings. The molecule has 1 N–H and O–H groups in total. The lowest BCUT2D eigenvalue weighted by atomic mass is 10.2. The smallest absolute Gasteiger partial charge is 0.255 e. The largest absolute Gasteiger partial charge is 0.492 e. The summed E-state index contributed by atoms with van der Waals surface area (Å²) in [5.74, 6) is 0.680. The van der Waals surface area contributed by atoms with Crippen molar-refractivity contribution in [2.45, 2.75) is 6.92 Å². The van der Waals surface area contributed by atoms with Crippen LogP contribution in [0, 0.1) is 0 Å². The molecule has 0 aliphatic rings. The van der Waals surface area contributed by atoms with Crippen molar-refractivity contribution in [3.05, 3.63) is 54.2 Å². The van der Waals surface area contributed by atoms with Crippen LogP contribution in [0.3, 0.4) is 0 Å². The summed E-state index contributed by atoms with van der Waals surface area (Å²) in [6, 6.07) is 12.4. The monoisotopic (exact) mass is 363 g/mol. The van der Waals surface area contributed by atoms with Gasteiger partial charge >= 0.3 is 0 Å². The van der Waals surface area contributed by atoms with E-state index in [2.05, 4.69) is 9.71 Å². The van der Waals surface area contributed by atoms with Crippen LogP contribution in [0.2, 0.25) is 0 Å². The molecule has 134 valence electrons. The van der Waals surface area contributed by atoms with E-state index in [0.29, 0.717) is 18.7 Å². The van der Waals surface area contributed by atoms with Crippen molar-refractivity contribution >= 4 is 21.7 Å². The molecule has 0 unspecified atom stereocenters. The molecule has 1 amide bonds. The van der Waals surface area contributed by atoms with Gasteiger partial charge in [-0.3, -0.25) is 9.52 Å². The molecule has 25 heavy (non-hydrogen) atoms. The molecule has 0 bridgehead atoms. The number of carbonyl (C=O) groups is 1. The van der Waals surface area contributed by atoms with E-state index in [9.17, 15) is 13.2 Å². The van der Waals surface area contributed by atoms with Gasteiger partial charge in [0.05, 0.1) is 17.9 Å². The average molecular weight is 363 g/mol. The van der Waals surface area contributed by atoms with Crippen molar-refractivity contribution in [1.82, 2.24) is 9.88 Å². The normalized spacial score (nSPS) is 11.0. The maximum atomic E-state index is 12.3. The van der Waals surface area contributed by atoms with Crippen molar-refractivity contribution in [1.29, 1.82) is 0 Å². The van der Waals surface area contributed by atoms with E-state index in [0.717, 1.165) is 5.75 Å². The molecule has 0 spiro atoms. The molecule has 0 aliphatic carbocycles. The van der Waals surface area contributed by atoms with Gasteiger partial charge in [-0.1, -0.05) is 18.2 Å². The van der Waals surface area contributed by atoms with E-state index < -0.39 is 10.0 Å². The number of amides is 1. The zero-order valence-corrected chi connectivity index (χ0v) is 15.0. The maximum absolute atomic E-state index is 12.3. The van der Waals surface area contributed by atoms with E-state index >= 15 is 0 Å². The minimum Gasteiger partial charge on any atom is -0.492 e. The number of anilines is 1. The number of nitrogens with one attached hydrogen (secondary N) is 1. The molecule has 0 atom stereocenters. The summed E-state index contributed by atoms with van der Waals surface area (Å²) in [7, 11) is -1.71. The Labute approximate surface area is 147 Å². The maximum Gasteiger partial charge on any atom is 0.255 e. The van der Waals surface area contributed by atoms with Gasteiger partial charge in [-0.2, -0.15) is 0 Å². The van der Waals surface area contributed by atoms with Crippen molar-refractivity contribution < 1.29 is 17.9 Å². The van der Waals surface area contributed by atoms with E-state index in [1.807, 2.05) is 30.3 Å². The van der Waals surface area contributed by atoms with Gasteiger partial charge in [-0.15, -0.1) is 0 Å². The quantitative estimate of drug-likeness (QED) is 0.775. The second-order valence-corrected chi connectivity index (χ2v) is 7.34. The third-order valence-electron chi connectivity index (χ3n) is 3.44. The highest BCUT2D eigenvalue weighted by molar-refractivity contribution is 7.92. The lowest BCUT2D eigenvalue weighted by Gasteiger charge is -2.17. The average Bonchev–Trinajstić information content (AvgIpc) is 2.62. The lowest BCUT2D eigenvalue weighted by Crippen LogP contribution is -2.31. The Hall–Kier alpha value is -2.61. The number of hydrogen-bond acceptors (Lipinski definition) is 5. The van der Waals surface area contributed by atoms with Gasteiger partial charge in [0, 0.05) is 13.2 Å². The van der Waals surface area contributed by atoms with Crippen LogP contribution in [-0.4, -0.2) is 50.2 Å². The first-order chi connectivity index (χ1) is 11.9. The summed E-state index contributed by atoms with van der Waals surface area (Å²) in [6.07, 6.45) is 1.35. The molecule has 2 rings (SSSR count). The molecule has 0 aliphatic heterocycles. The lowest BCUT2D eigenvalue weighted by molar-refractivity contribution is 0.0773. The Morgan fingerprint density at radius 2 is 1.92 bits per heavy atom. The highest BCUT2D eigenvalue weighted by Gasteiger charge is 2.13. The van der Waals surface area contributed by atoms with Crippen LogP contribution in [0.15, 0.2) is 48.7 Å². The fraction of sp³-hybridized carbons (Fsp3) is 0.294. The van der Waals surface area contributed by atoms with Crippen LogP contribution < -0.4 is 9.46 Å². The minimum atomic E-state index is -3.38. The molecule has 2 aromatic rings. The van der Waals surface area contributed by atoms with Gasteiger partial charge < -0.3 is 9.64 Å². The second-order valence-electron chi connectivity index (χ2n) is 5.33. The summed E-state index contributed by atoms with van der Waals surface area (Å²) in [5.41, 5.74) is 0.377. The highest BCUT2D eigenvalue weighted by Crippen LogP contribution is 2.10. The number of hydrogen-bond donors (Lipinski definition) is 1. The molecule has 1 aromatic heterocycles. The van der Waals surface area contributed by atoms with Crippen LogP contribution in [0.1, 0.15) is 17.3 Å². The number of ether oxygens (including phenoxy) is 1. The molecular formula is C17H21N3O4S. The van der Waals surface area contributed by atoms with Crippen molar-refractivity contribution in [2.75, 3.05) is 30.7 Å². The van der Waals surface area contributed by atoms with E-state index in [1.165, 1.54) is 30.2 Å². The summed E-state index contributed by atoms with van der Waals surface area (Å²) in [4.78, 5) is 17.8. The Morgan fingerprint density at radius 3 is 2.52 bits per heavy atom. The first kappa shape index (κ1) is 18.7. The third-order valence-corrected chi connectivity index (χ3v) is 4.72. The molecular weight excluding hydrogens is 342 g/mol. The topological polar surface area (TPSA) is 88.6 Å². The standard InChI is InChI=1S/C17H21N3O4S/c1-3-25(22,23)19-16-10-9-14(13-18-16)17(21)20(2)11-12-24-15-7-5-4-6-8-15/h4-10,13H,3,11-12H2,1-2H3,(H,18,19). The molecule has 7 nitrogen and oxygen atoms in total. The molecule has 1 heterocycles. The minimum absolute atomic E-state index is 0.0421. The van der Waals surface area contributed by atoms with Crippen LogP contribution >= 0.6 is 0 Å². The number of para-hydroxylation sites is 1. The van der Waals surface area contributed by atoms with Crippen molar-refractivity contribution in [3.63, 3.8) is 0 Å². The molecule has 0 radical (unpaired) electrons. The zero-order valence-electron chi connectivity index (χ0n) is 14.2. The van der Waals surface area contributed by atoms with Gasteiger partial charge in [0.1, 0.15) is 18.2 Å². The zero-order chi connectivity index (χ0) is 18.3. The number of sulfonamides is 1. The Morgan fingerprint density at radius 1 is 1.20 bits per heavy atom. The summed E-state index contributed by atoms with van der Waals surface area (Å²) in [6.45, 7) is 2.32. The highest BCUT2D eigenvalue weighted by atomic mass is 32.2. The van der Waals surface area contributed by atoms with Gasteiger partial charge in [0.25, 0.3) is 5.91 Å². The van der Waals surface area contributed by atoms with Crippen molar-refractivity contribution in [2.24, 2.45) is 0 Å². The van der Waals surface area contributed by atoms with E-state index in [4.69, 9.17) is 4.74 Å². The first-order valence-corrected chi connectivity index (χ1v) is 9.46. The molecule has 0 saturated carbocycles. The Kier molecular flexibility index (Phi) is 6.35. The van der Waals surface area contributed by atoms with E-state index in [-0.39, 0.29) is 17.5 Å². The SMILES string of the molecule is CCS(=O)(=O)Nc1ccc(C(=O)N(C)CCOc2ccccc2)cn1. The third kappa shape index (κ3) is 5.75. The van der Waals surface area contributed by atoms with Crippen LogP contribution in [0.4, 0.5) is 5.82 Å². The summed E-state index contributed by atoms with van der Waals surface area (Å²) >= 11 is 0. The predicted molar refractivity (Wildman–Crippen MR) is 96.2 cm³/mol. The van der Waals surface area contributed by atoms with Gasteiger partial charge in [-0.25, -0.2) is 13.4 Å². The van der Waals surface area contributed by atoms with Gasteiger partial charge in [-0.05, 0) is 31.2 Å². The van der Waals surface area contributed by atoms with Gasteiger partial charge in [0.2, 0.25) is 10.0 Å². The number of carbonyl (C=O) groups excluding carboxylic acids is 1. The Balaban J connectivity index is 1.88. The fourth-order valence-corrected chi connectivity index (χ4v) is 2.54. The number of rotatable bonds is 8. The Bertz CT molecular complexity index is 792. The number of likely N-dealkylation sites (N-methyl/N-ethyl adjacent to an activating group) is 1. The predicted octanol–water partition coefficient (Wildman–Crippen LogP) is 1.99. The second kappa shape index (κ2) is 8.48. The summed E-state index contributed by atoms with van der Waals surface area (Å²) in [5, 5.41) is 0.